The van der Waals surface area contributed by atoms with Crippen molar-refractivity contribution in [3.63, 3.8) is 0 Å². The molecule has 3 aromatic rings. The van der Waals surface area contributed by atoms with Gasteiger partial charge in [-0.1, -0.05) is 6.07 Å². The molecule has 0 aliphatic rings. The highest BCUT2D eigenvalue weighted by Crippen LogP contribution is 2.26. The third-order valence-corrected chi connectivity index (χ3v) is 2.59. The standard InChI is InChI=1S/C11H9FN6/c12-9-3-7(8-4-15-17-11(8)13)1-2-10(9)18-6-14-5-16-18/h1-6H,(H3,13,15,17). The maximum absolute atomic E-state index is 14.0. The number of anilines is 1. The maximum atomic E-state index is 14.0. The van der Waals surface area contributed by atoms with Crippen molar-refractivity contribution in [3.05, 3.63) is 42.9 Å². The predicted octanol–water partition coefficient (Wildman–Crippen LogP) is 1.38. The zero-order valence-electron chi connectivity index (χ0n) is 9.21. The summed E-state index contributed by atoms with van der Waals surface area (Å²) in [6, 6.07) is 4.76. The second kappa shape index (κ2) is 3.95. The molecule has 18 heavy (non-hydrogen) atoms. The van der Waals surface area contributed by atoms with Crippen LogP contribution in [0.5, 0.6) is 0 Å². The Balaban J connectivity index is 2.07. The highest BCUT2D eigenvalue weighted by molar-refractivity contribution is 5.73. The van der Waals surface area contributed by atoms with Crippen LogP contribution in [0.1, 0.15) is 0 Å². The number of nitrogen functional groups attached to an aromatic ring is 1. The molecule has 0 spiro atoms. The molecule has 0 aliphatic heterocycles. The van der Waals surface area contributed by atoms with Crippen molar-refractivity contribution in [1.82, 2.24) is 25.0 Å². The lowest BCUT2D eigenvalue weighted by molar-refractivity contribution is 0.611. The molecule has 0 unspecified atom stereocenters. The summed E-state index contributed by atoms with van der Waals surface area (Å²) in [5.74, 6) is 0.00139. The van der Waals surface area contributed by atoms with Gasteiger partial charge in [0.05, 0.1) is 6.20 Å². The Bertz CT molecular complexity index is 673. The number of halogens is 1. The topological polar surface area (TPSA) is 85.4 Å². The maximum Gasteiger partial charge on any atom is 0.149 e. The molecule has 0 saturated carbocycles. The quantitative estimate of drug-likeness (QED) is 0.713. The van der Waals surface area contributed by atoms with Crippen LogP contribution in [-0.4, -0.2) is 25.0 Å². The first-order valence-electron chi connectivity index (χ1n) is 5.19. The fourth-order valence-corrected chi connectivity index (χ4v) is 1.72. The van der Waals surface area contributed by atoms with Crippen LogP contribution in [0.3, 0.4) is 0 Å². The normalized spacial score (nSPS) is 10.7. The minimum atomic E-state index is -0.404. The average Bonchev–Trinajstić information content (AvgIpc) is 2.99. The summed E-state index contributed by atoms with van der Waals surface area (Å²) in [5.41, 5.74) is 7.34. The Morgan fingerprint density at radius 1 is 1.33 bits per heavy atom. The van der Waals surface area contributed by atoms with Gasteiger partial charge < -0.3 is 5.73 Å². The molecule has 2 aromatic heterocycles. The molecule has 0 atom stereocenters. The molecule has 0 fully saturated rings. The van der Waals surface area contributed by atoms with Crippen molar-refractivity contribution < 1.29 is 4.39 Å². The van der Waals surface area contributed by atoms with Crippen LogP contribution in [0, 0.1) is 5.82 Å². The number of nitrogens with one attached hydrogen (secondary N) is 1. The Morgan fingerprint density at radius 3 is 2.83 bits per heavy atom. The minimum Gasteiger partial charge on any atom is -0.384 e. The van der Waals surface area contributed by atoms with E-state index in [9.17, 15) is 4.39 Å². The number of aromatic amines is 1. The number of nitrogens with two attached hydrogens (primary N) is 1. The van der Waals surface area contributed by atoms with Gasteiger partial charge >= 0.3 is 0 Å². The Morgan fingerprint density at radius 2 is 2.22 bits per heavy atom. The molecular weight excluding hydrogens is 235 g/mol. The molecule has 0 radical (unpaired) electrons. The van der Waals surface area contributed by atoms with Gasteiger partial charge in [0, 0.05) is 5.56 Å². The molecular formula is C11H9FN6. The predicted molar refractivity (Wildman–Crippen MR) is 63.3 cm³/mol. The summed E-state index contributed by atoms with van der Waals surface area (Å²) in [5, 5.41) is 10.3. The third-order valence-electron chi connectivity index (χ3n) is 2.59. The molecule has 2 heterocycles. The van der Waals surface area contributed by atoms with E-state index in [1.807, 2.05) is 0 Å². The van der Waals surface area contributed by atoms with Gasteiger partial charge in [-0.15, -0.1) is 0 Å². The number of hydrogen-bond acceptors (Lipinski definition) is 4. The van der Waals surface area contributed by atoms with Gasteiger partial charge in [0.25, 0.3) is 0 Å². The average molecular weight is 244 g/mol. The van der Waals surface area contributed by atoms with Crippen LogP contribution in [0.2, 0.25) is 0 Å². The Kier molecular flexibility index (Phi) is 2.30. The molecule has 90 valence electrons. The zero-order valence-corrected chi connectivity index (χ0v) is 9.21. The first-order valence-corrected chi connectivity index (χ1v) is 5.19. The third kappa shape index (κ3) is 1.61. The van der Waals surface area contributed by atoms with Gasteiger partial charge in [-0.2, -0.15) is 10.2 Å². The van der Waals surface area contributed by atoms with E-state index in [2.05, 4.69) is 20.3 Å². The number of benzene rings is 1. The number of hydrogen-bond donors (Lipinski definition) is 2. The smallest absolute Gasteiger partial charge is 0.149 e. The van der Waals surface area contributed by atoms with E-state index in [4.69, 9.17) is 5.73 Å². The first-order chi connectivity index (χ1) is 8.75. The van der Waals surface area contributed by atoms with E-state index in [1.54, 1.807) is 18.3 Å². The largest absolute Gasteiger partial charge is 0.384 e. The highest BCUT2D eigenvalue weighted by Gasteiger charge is 2.10. The number of H-pyrrole nitrogens is 1. The van der Waals surface area contributed by atoms with E-state index in [0.29, 0.717) is 22.6 Å². The fourth-order valence-electron chi connectivity index (χ4n) is 1.72. The van der Waals surface area contributed by atoms with E-state index in [0.717, 1.165) is 0 Å². The van der Waals surface area contributed by atoms with Crippen molar-refractivity contribution in [3.8, 4) is 16.8 Å². The highest BCUT2D eigenvalue weighted by atomic mass is 19.1. The summed E-state index contributed by atoms with van der Waals surface area (Å²) in [6.45, 7) is 0. The van der Waals surface area contributed by atoms with E-state index in [-0.39, 0.29) is 0 Å². The van der Waals surface area contributed by atoms with Crippen molar-refractivity contribution in [2.75, 3.05) is 5.73 Å². The summed E-state index contributed by atoms with van der Waals surface area (Å²) in [7, 11) is 0. The number of rotatable bonds is 2. The zero-order chi connectivity index (χ0) is 12.5. The summed E-state index contributed by atoms with van der Waals surface area (Å²) < 4.78 is 15.3. The lowest BCUT2D eigenvalue weighted by Gasteiger charge is -2.05. The molecule has 6 nitrogen and oxygen atoms in total. The van der Waals surface area contributed by atoms with Crippen molar-refractivity contribution >= 4 is 5.82 Å². The minimum absolute atomic E-state index is 0.332. The number of aromatic nitrogens is 5. The summed E-state index contributed by atoms with van der Waals surface area (Å²) >= 11 is 0. The van der Waals surface area contributed by atoms with E-state index >= 15 is 0 Å². The van der Waals surface area contributed by atoms with Crippen LogP contribution >= 0.6 is 0 Å². The molecule has 0 amide bonds. The molecule has 7 heteroatoms. The Labute approximate surface area is 101 Å². The monoisotopic (exact) mass is 244 g/mol. The molecule has 3 N–H and O–H groups in total. The first kappa shape index (κ1) is 10.5. The van der Waals surface area contributed by atoms with Gasteiger partial charge in [-0.05, 0) is 17.7 Å². The molecule has 0 bridgehead atoms. The lowest BCUT2D eigenvalue weighted by Crippen LogP contribution is -1.98. The molecule has 1 aromatic carbocycles. The van der Waals surface area contributed by atoms with E-state index in [1.165, 1.54) is 23.4 Å². The van der Waals surface area contributed by atoms with Crippen LogP contribution in [-0.2, 0) is 0 Å². The molecule has 0 aliphatic carbocycles. The summed E-state index contributed by atoms with van der Waals surface area (Å²) in [4.78, 5) is 3.78. The fraction of sp³-hybridized carbons (Fsp3) is 0. The van der Waals surface area contributed by atoms with Gasteiger partial charge in [0.1, 0.15) is 30.0 Å². The van der Waals surface area contributed by atoms with E-state index < -0.39 is 5.82 Å². The molecule has 3 rings (SSSR count). The second-order valence-corrected chi connectivity index (χ2v) is 3.70. The van der Waals surface area contributed by atoms with Crippen molar-refractivity contribution in [1.29, 1.82) is 0 Å². The SMILES string of the molecule is Nc1[nH]ncc1-c1ccc(-n2cncn2)c(F)c1. The van der Waals surface area contributed by atoms with Crippen LogP contribution in [0.15, 0.2) is 37.1 Å². The van der Waals surface area contributed by atoms with Crippen molar-refractivity contribution in [2.24, 2.45) is 0 Å². The van der Waals surface area contributed by atoms with Crippen molar-refractivity contribution in [2.45, 2.75) is 0 Å². The van der Waals surface area contributed by atoms with Crippen LogP contribution in [0.25, 0.3) is 16.8 Å². The number of nitrogens with zero attached hydrogens (tertiary/aromatic N) is 4. The summed E-state index contributed by atoms with van der Waals surface area (Å²) in [6.07, 6.45) is 4.34. The molecule has 0 saturated heterocycles. The van der Waals surface area contributed by atoms with Gasteiger partial charge in [0.2, 0.25) is 0 Å². The Hall–Kier alpha value is -2.70. The van der Waals surface area contributed by atoms with Crippen LogP contribution in [0.4, 0.5) is 10.2 Å². The lowest BCUT2D eigenvalue weighted by atomic mass is 10.1. The second-order valence-electron chi connectivity index (χ2n) is 3.70. The van der Waals surface area contributed by atoms with Crippen LogP contribution < -0.4 is 5.73 Å². The van der Waals surface area contributed by atoms with Gasteiger partial charge in [-0.25, -0.2) is 14.1 Å². The van der Waals surface area contributed by atoms with Gasteiger partial charge in [0.15, 0.2) is 0 Å². The van der Waals surface area contributed by atoms with Gasteiger partial charge in [-0.3, -0.25) is 5.10 Å².